The summed E-state index contributed by atoms with van der Waals surface area (Å²) in [6, 6.07) is 6.07. The lowest BCUT2D eigenvalue weighted by Gasteiger charge is -2.38. The second-order valence-corrected chi connectivity index (χ2v) is 5.51. The molecule has 2 rings (SSSR count). The Morgan fingerprint density at radius 2 is 1.94 bits per heavy atom. The summed E-state index contributed by atoms with van der Waals surface area (Å²) in [5.74, 6) is 0. The maximum absolute atomic E-state index is 6.13. The normalized spacial score (nSPS) is 19.9. The van der Waals surface area contributed by atoms with Gasteiger partial charge in [0.25, 0.3) is 0 Å². The van der Waals surface area contributed by atoms with Crippen molar-refractivity contribution in [1.29, 1.82) is 0 Å². The fourth-order valence-corrected chi connectivity index (χ4v) is 2.35. The van der Waals surface area contributed by atoms with Crippen LogP contribution in [-0.4, -0.2) is 18.6 Å². The number of nitrogens with two attached hydrogens (primary N) is 1. The first-order valence-electron chi connectivity index (χ1n) is 5.78. The Balaban J connectivity index is 2.17. The maximum Gasteiger partial charge on any atom is 0.0426 e. The van der Waals surface area contributed by atoms with Crippen molar-refractivity contribution in [3.8, 4) is 0 Å². The average molecular weight is 239 g/mol. The van der Waals surface area contributed by atoms with Gasteiger partial charge in [0.2, 0.25) is 0 Å². The smallest absolute Gasteiger partial charge is 0.0426 e. The molecule has 0 saturated carbocycles. The zero-order valence-corrected chi connectivity index (χ0v) is 10.7. The summed E-state index contributed by atoms with van der Waals surface area (Å²) < 4.78 is 0. The van der Waals surface area contributed by atoms with Gasteiger partial charge in [-0.25, -0.2) is 0 Å². The molecular formula is C13H19ClN2. The zero-order chi connectivity index (χ0) is 11.8. The molecule has 0 aliphatic carbocycles. The first-order chi connectivity index (χ1) is 7.48. The Labute approximate surface area is 102 Å². The summed E-state index contributed by atoms with van der Waals surface area (Å²) in [4.78, 5) is 2.38. The van der Waals surface area contributed by atoms with Crippen LogP contribution in [0.3, 0.4) is 0 Å². The molecule has 1 aliphatic rings. The fraction of sp³-hybridized carbons (Fsp3) is 0.538. The van der Waals surface area contributed by atoms with Crippen molar-refractivity contribution in [2.24, 2.45) is 5.73 Å². The summed E-state index contributed by atoms with van der Waals surface area (Å²) in [5, 5.41) is 0.807. The van der Waals surface area contributed by atoms with Gasteiger partial charge < -0.3 is 10.6 Å². The highest BCUT2D eigenvalue weighted by molar-refractivity contribution is 6.30. The van der Waals surface area contributed by atoms with Crippen molar-refractivity contribution in [3.63, 3.8) is 0 Å². The number of benzene rings is 1. The van der Waals surface area contributed by atoms with Gasteiger partial charge in [0.15, 0.2) is 0 Å². The average Bonchev–Trinajstić information content (AvgIpc) is 2.22. The third kappa shape index (κ3) is 2.50. The van der Waals surface area contributed by atoms with E-state index in [0.29, 0.717) is 0 Å². The zero-order valence-electron chi connectivity index (χ0n) is 9.96. The van der Waals surface area contributed by atoms with Gasteiger partial charge in [-0.15, -0.1) is 0 Å². The lowest BCUT2D eigenvalue weighted by atomic mass is 9.90. The van der Waals surface area contributed by atoms with Crippen LogP contribution in [0.15, 0.2) is 18.2 Å². The van der Waals surface area contributed by atoms with Gasteiger partial charge in [-0.05, 0) is 44.4 Å². The van der Waals surface area contributed by atoms with E-state index in [1.165, 1.54) is 11.3 Å². The topological polar surface area (TPSA) is 29.3 Å². The maximum atomic E-state index is 6.13. The van der Waals surface area contributed by atoms with Gasteiger partial charge in [0.1, 0.15) is 0 Å². The van der Waals surface area contributed by atoms with E-state index in [9.17, 15) is 0 Å². The lowest BCUT2D eigenvalue weighted by Crippen LogP contribution is -2.48. The molecule has 1 aromatic carbocycles. The third-order valence-electron chi connectivity index (χ3n) is 3.42. The van der Waals surface area contributed by atoms with Crippen LogP contribution in [0.5, 0.6) is 0 Å². The highest BCUT2D eigenvalue weighted by Crippen LogP contribution is 2.28. The second kappa shape index (κ2) is 4.27. The number of hydrogen-bond donors (Lipinski definition) is 1. The van der Waals surface area contributed by atoms with Gasteiger partial charge in [-0.1, -0.05) is 17.7 Å². The number of piperidine rings is 1. The van der Waals surface area contributed by atoms with Crippen LogP contribution in [-0.2, 0) is 0 Å². The molecule has 0 amide bonds. The van der Waals surface area contributed by atoms with E-state index in [-0.39, 0.29) is 5.54 Å². The summed E-state index contributed by atoms with van der Waals surface area (Å²) in [7, 11) is 0. The van der Waals surface area contributed by atoms with E-state index < -0.39 is 0 Å². The van der Waals surface area contributed by atoms with Gasteiger partial charge in [0, 0.05) is 29.3 Å². The molecule has 1 aromatic rings. The predicted octanol–water partition coefficient (Wildman–Crippen LogP) is 2.97. The van der Waals surface area contributed by atoms with Crippen LogP contribution < -0.4 is 10.6 Å². The first-order valence-corrected chi connectivity index (χ1v) is 6.16. The van der Waals surface area contributed by atoms with E-state index >= 15 is 0 Å². The van der Waals surface area contributed by atoms with Gasteiger partial charge in [-0.2, -0.15) is 0 Å². The SMILES string of the molecule is Cc1ccc(Cl)cc1N1CCC(C)(N)CC1. The largest absolute Gasteiger partial charge is 0.371 e. The molecule has 0 aromatic heterocycles. The van der Waals surface area contributed by atoms with Crippen LogP contribution in [0.25, 0.3) is 0 Å². The third-order valence-corrected chi connectivity index (χ3v) is 3.65. The molecule has 1 fully saturated rings. The highest BCUT2D eigenvalue weighted by atomic mass is 35.5. The van der Waals surface area contributed by atoms with Crippen molar-refractivity contribution < 1.29 is 0 Å². The van der Waals surface area contributed by atoms with Crippen LogP contribution in [0, 0.1) is 6.92 Å². The van der Waals surface area contributed by atoms with E-state index in [4.69, 9.17) is 17.3 Å². The Bertz CT molecular complexity index is 378. The fourth-order valence-electron chi connectivity index (χ4n) is 2.18. The van der Waals surface area contributed by atoms with Crippen LogP contribution in [0.4, 0.5) is 5.69 Å². The molecule has 0 radical (unpaired) electrons. The molecule has 0 atom stereocenters. The quantitative estimate of drug-likeness (QED) is 0.815. The minimum Gasteiger partial charge on any atom is -0.371 e. The monoisotopic (exact) mass is 238 g/mol. The van der Waals surface area contributed by atoms with E-state index in [0.717, 1.165) is 31.0 Å². The van der Waals surface area contributed by atoms with Gasteiger partial charge in [-0.3, -0.25) is 0 Å². The lowest BCUT2D eigenvalue weighted by molar-refractivity contribution is 0.364. The molecule has 3 heteroatoms. The summed E-state index contributed by atoms with van der Waals surface area (Å²) in [6.45, 7) is 6.31. The predicted molar refractivity (Wildman–Crippen MR) is 70.2 cm³/mol. The number of halogens is 1. The van der Waals surface area contributed by atoms with Gasteiger partial charge in [0.05, 0.1) is 0 Å². The Hall–Kier alpha value is -0.730. The molecule has 2 nitrogen and oxygen atoms in total. The number of aryl methyl sites for hydroxylation is 1. The summed E-state index contributed by atoms with van der Waals surface area (Å²) in [6.07, 6.45) is 2.08. The highest BCUT2D eigenvalue weighted by Gasteiger charge is 2.26. The minimum absolute atomic E-state index is 0.00296. The molecule has 1 saturated heterocycles. The molecule has 0 bridgehead atoms. The second-order valence-electron chi connectivity index (χ2n) is 5.07. The number of nitrogens with zero attached hydrogens (tertiary/aromatic N) is 1. The Morgan fingerprint density at radius 1 is 1.31 bits per heavy atom. The molecule has 16 heavy (non-hydrogen) atoms. The molecule has 1 aliphatic heterocycles. The Kier molecular flexibility index (Phi) is 3.13. The Morgan fingerprint density at radius 3 is 2.56 bits per heavy atom. The molecular weight excluding hydrogens is 220 g/mol. The van der Waals surface area contributed by atoms with Crippen LogP contribution in [0.1, 0.15) is 25.3 Å². The molecule has 2 N–H and O–H groups in total. The number of hydrogen-bond acceptors (Lipinski definition) is 2. The van der Waals surface area contributed by atoms with Crippen molar-refractivity contribution in [2.45, 2.75) is 32.2 Å². The number of anilines is 1. The number of rotatable bonds is 1. The van der Waals surface area contributed by atoms with E-state index in [1.54, 1.807) is 0 Å². The van der Waals surface area contributed by atoms with Crippen molar-refractivity contribution in [2.75, 3.05) is 18.0 Å². The molecule has 0 spiro atoms. The molecule has 0 unspecified atom stereocenters. The summed E-state index contributed by atoms with van der Waals surface area (Å²) >= 11 is 6.04. The summed E-state index contributed by atoms with van der Waals surface area (Å²) in [5.41, 5.74) is 8.67. The van der Waals surface area contributed by atoms with Gasteiger partial charge >= 0.3 is 0 Å². The molecule has 1 heterocycles. The minimum atomic E-state index is 0.00296. The van der Waals surface area contributed by atoms with E-state index in [1.807, 2.05) is 6.07 Å². The standard InChI is InChI=1S/C13H19ClN2/c1-10-3-4-11(14)9-12(10)16-7-5-13(2,15)6-8-16/h3-4,9H,5-8,15H2,1-2H3. The first kappa shape index (κ1) is 11.7. The molecule has 88 valence electrons. The van der Waals surface area contributed by atoms with Crippen molar-refractivity contribution >= 4 is 17.3 Å². The van der Waals surface area contributed by atoms with Crippen molar-refractivity contribution in [1.82, 2.24) is 0 Å². The van der Waals surface area contributed by atoms with Crippen LogP contribution >= 0.6 is 11.6 Å². The van der Waals surface area contributed by atoms with Crippen LogP contribution in [0.2, 0.25) is 5.02 Å². The van der Waals surface area contributed by atoms with Crippen molar-refractivity contribution in [3.05, 3.63) is 28.8 Å². The van der Waals surface area contributed by atoms with E-state index in [2.05, 4.69) is 30.9 Å².